The Labute approximate surface area is 161 Å². The zero-order chi connectivity index (χ0) is 19.6. The number of carbonyl (C=O) groups is 1. The minimum Gasteiger partial charge on any atom is -0.326 e. The van der Waals surface area contributed by atoms with E-state index in [4.69, 9.17) is 11.6 Å². The molecule has 2 aromatic rings. The number of benzene rings is 2. The highest BCUT2D eigenvalue weighted by atomic mass is 35.5. The second kappa shape index (κ2) is 7.81. The maximum Gasteiger partial charge on any atom is 0.250 e. The molecule has 0 aromatic heterocycles. The zero-order valence-corrected chi connectivity index (χ0v) is 15.9. The van der Waals surface area contributed by atoms with Gasteiger partial charge in [-0.15, -0.1) is 0 Å². The first-order valence-corrected chi connectivity index (χ1v) is 10.0. The molecule has 0 aliphatic carbocycles. The number of hydrogen-bond acceptors (Lipinski definition) is 5. The summed E-state index contributed by atoms with van der Waals surface area (Å²) in [6.07, 6.45) is 0. The average Bonchev–Trinajstić information content (AvgIpc) is 3.11. The van der Waals surface area contributed by atoms with E-state index in [0.717, 1.165) is 0 Å². The first kappa shape index (κ1) is 19.6. The summed E-state index contributed by atoms with van der Waals surface area (Å²) in [7, 11) is -3.91. The van der Waals surface area contributed by atoms with E-state index in [9.17, 15) is 17.6 Å². The van der Waals surface area contributed by atoms with Crippen LogP contribution in [0.2, 0.25) is 5.02 Å². The summed E-state index contributed by atoms with van der Waals surface area (Å²) in [6, 6.07) is 10.3. The number of hydrogen-bond donors (Lipinski definition) is 4. The molecule has 1 heterocycles. The van der Waals surface area contributed by atoms with Crippen LogP contribution in [0.15, 0.2) is 42.5 Å². The van der Waals surface area contributed by atoms with Gasteiger partial charge in [-0.1, -0.05) is 11.6 Å². The number of nitrogens with one attached hydrogen (secondary N) is 4. The third-order valence-electron chi connectivity index (χ3n) is 4.13. The van der Waals surface area contributed by atoms with E-state index in [-0.39, 0.29) is 12.4 Å². The fourth-order valence-corrected chi connectivity index (χ4v) is 4.31. The van der Waals surface area contributed by atoms with Crippen LogP contribution in [0.4, 0.5) is 15.8 Å². The van der Waals surface area contributed by atoms with Crippen LogP contribution in [0, 0.1) is 18.7 Å². The van der Waals surface area contributed by atoms with Crippen molar-refractivity contribution in [1.82, 2.24) is 10.9 Å². The molecule has 1 fully saturated rings. The van der Waals surface area contributed by atoms with Crippen LogP contribution in [0.5, 0.6) is 0 Å². The summed E-state index contributed by atoms with van der Waals surface area (Å²) < 4.78 is 41.1. The van der Waals surface area contributed by atoms with Gasteiger partial charge in [0, 0.05) is 22.9 Å². The lowest BCUT2D eigenvalue weighted by Gasteiger charge is -2.19. The van der Waals surface area contributed by atoms with Crippen molar-refractivity contribution in [3.8, 4) is 0 Å². The Kier molecular flexibility index (Phi) is 5.66. The van der Waals surface area contributed by atoms with Gasteiger partial charge in [-0.05, 0) is 55.0 Å². The van der Waals surface area contributed by atoms with Crippen molar-refractivity contribution in [3.63, 3.8) is 0 Å². The van der Waals surface area contributed by atoms with Crippen molar-refractivity contribution < 1.29 is 17.6 Å². The molecule has 0 saturated carbocycles. The first-order valence-electron chi connectivity index (χ1n) is 8.09. The van der Waals surface area contributed by atoms with E-state index >= 15 is 0 Å². The van der Waals surface area contributed by atoms with Crippen LogP contribution in [-0.4, -0.2) is 26.2 Å². The minimum absolute atomic E-state index is 0.123. The van der Waals surface area contributed by atoms with Crippen LogP contribution in [0.25, 0.3) is 0 Å². The summed E-state index contributed by atoms with van der Waals surface area (Å²) in [5.41, 5.74) is 6.43. The van der Waals surface area contributed by atoms with Crippen LogP contribution >= 0.6 is 11.6 Å². The highest BCUT2D eigenvalue weighted by molar-refractivity contribution is 7.93. The molecule has 1 saturated heterocycles. The van der Waals surface area contributed by atoms with Crippen molar-refractivity contribution >= 4 is 38.9 Å². The molecular weight excluding hydrogens is 395 g/mol. The highest BCUT2D eigenvalue weighted by Crippen LogP contribution is 2.22. The van der Waals surface area contributed by atoms with E-state index < -0.39 is 27.2 Å². The maximum absolute atomic E-state index is 13.4. The molecule has 1 amide bonds. The summed E-state index contributed by atoms with van der Waals surface area (Å²) in [4.78, 5) is 12.6. The third-order valence-corrected chi connectivity index (χ3v) is 6.02. The molecule has 10 heteroatoms. The van der Waals surface area contributed by atoms with Gasteiger partial charge in [0.15, 0.2) is 5.37 Å². The predicted octanol–water partition coefficient (Wildman–Crippen LogP) is 2.22. The molecule has 27 heavy (non-hydrogen) atoms. The fraction of sp³-hybridized carbons (Fsp3) is 0.235. The van der Waals surface area contributed by atoms with Gasteiger partial charge >= 0.3 is 0 Å². The van der Waals surface area contributed by atoms with E-state index in [1.807, 2.05) is 0 Å². The van der Waals surface area contributed by atoms with Gasteiger partial charge in [0.25, 0.3) is 10.0 Å². The van der Waals surface area contributed by atoms with Crippen LogP contribution < -0.4 is 20.9 Å². The van der Waals surface area contributed by atoms with Gasteiger partial charge in [0.05, 0.1) is 5.92 Å². The van der Waals surface area contributed by atoms with Gasteiger partial charge < -0.3 is 5.32 Å². The lowest BCUT2D eigenvalue weighted by Crippen LogP contribution is -2.45. The van der Waals surface area contributed by atoms with Gasteiger partial charge in [-0.25, -0.2) is 18.2 Å². The molecular formula is C17H18ClFN4O3S. The zero-order valence-electron chi connectivity index (χ0n) is 14.3. The molecule has 2 unspecified atom stereocenters. The second-order valence-electron chi connectivity index (χ2n) is 6.16. The molecule has 7 nitrogen and oxygen atoms in total. The SMILES string of the molecule is Cc1cc(NC(=O)C2CNNC2S(=O)(=O)Nc2ccc(Cl)cc2)ccc1F. The quantitative estimate of drug-likeness (QED) is 0.603. The number of amides is 1. The number of halogens is 2. The standard InChI is InChI=1S/C17H18ClFN4O3S/c1-10-8-13(6-7-15(10)19)21-16(24)14-9-20-22-17(14)27(25,26)23-12-4-2-11(18)3-5-12/h2-8,14,17,20,22-23H,9H2,1H3,(H,21,24). The number of anilines is 2. The molecule has 2 aromatic carbocycles. The molecule has 144 valence electrons. The second-order valence-corrected chi connectivity index (χ2v) is 8.40. The van der Waals surface area contributed by atoms with Gasteiger partial charge in [0.1, 0.15) is 5.82 Å². The van der Waals surface area contributed by atoms with Crippen LogP contribution in [0.1, 0.15) is 5.56 Å². The number of sulfonamides is 1. The molecule has 3 rings (SSSR count). The average molecular weight is 413 g/mol. The summed E-state index contributed by atoms with van der Waals surface area (Å²) >= 11 is 5.80. The molecule has 2 atom stereocenters. The van der Waals surface area contributed by atoms with E-state index in [2.05, 4.69) is 20.9 Å². The Bertz CT molecular complexity index is 953. The van der Waals surface area contributed by atoms with Crippen molar-refractivity contribution in [2.24, 2.45) is 5.92 Å². The van der Waals surface area contributed by atoms with Gasteiger partial charge in [-0.2, -0.15) is 0 Å². The molecule has 1 aliphatic heterocycles. The van der Waals surface area contributed by atoms with E-state index in [1.54, 1.807) is 19.1 Å². The van der Waals surface area contributed by atoms with Crippen molar-refractivity contribution in [3.05, 3.63) is 58.9 Å². The van der Waals surface area contributed by atoms with Crippen molar-refractivity contribution in [2.75, 3.05) is 16.6 Å². The monoisotopic (exact) mass is 412 g/mol. The number of rotatable bonds is 5. The van der Waals surface area contributed by atoms with E-state index in [1.165, 1.54) is 30.3 Å². The molecule has 0 spiro atoms. The topological polar surface area (TPSA) is 99.3 Å². The highest BCUT2D eigenvalue weighted by Gasteiger charge is 2.41. The predicted molar refractivity (Wildman–Crippen MR) is 102 cm³/mol. The lowest BCUT2D eigenvalue weighted by atomic mass is 10.1. The Balaban J connectivity index is 1.74. The molecule has 0 radical (unpaired) electrons. The normalized spacial score (nSPS) is 19.7. The minimum atomic E-state index is -3.91. The Morgan fingerprint density at radius 2 is 1.85 bits per heavy atom. The van der Waals surface area contributed by atoms with Gasteiger partial charge in [0.2, 0.25) is 5.91 Å². The maximum atomic E-state index is 13.4. The Hall–Kier alpha value is -2.20. The number of carbonyl (C=O) groups excluding carboxylic acids is 1. The van der Waals surface area contributed by atoms with Crippen LogP contribution in [-0.2, 0) is 14.8 Å². The molecule has 1 aliphatic rings. The molecule has 0 bridgehead atoms. The first-order chi connectivity index (χ1) is 12.8. The Morgan fingerprint density at radius 1 is 1.19 bits per heavy atom. The number of hydrazine groups is 1. The number of aryl methyl sites for hydroxylation is 1. The molecule has 4 N–H and O–H groups in total. The van der Waals surface area contributed by atoms with Crippen LogP contribution in [0.3, 0.4) is 0 Å². The third kappa shape index (κ3) is 4.56. The van der Waals surface area contributed by atoms with Crippen molar-refractivity contribution in [1.29, 1.82) is 0 Å². The summed E-state index contributed by atoms with van der Waals surface area (Å²) in [6.45, 7) is 1.70. The fourth-order valence-electron chi connectivity index (χ4n) is 2.70. The summed E-state index contributed by atoms with van der Waals surface area (Å²) in [5, 5.41) is 1.92. The van der Waals surface area contributed by atoms with Crippen molar-refractivity contribution in [2.45, 2.75) is 12.3 Å². The Morgan fingerprint density at radius 3 is 2.52 bits per heavy atom. The largest absolute Gasteiger partial charge is 0.326 e. The summed E-state index contributed by atoms with van der Waals surface area (Å²) in [5.74, 6) is -1.77. The lowest BCUT2D eigenvalue weighted by molar-refractivity contribution is -0.119. The van der Waals surface area contributed by atoms with E-state index in [0.29, 0.717) is 22.0 Å². The van der Waals surface area contributed by atoms with Gasteiger partial charge in [-0.3, -0.25) is 14.9 Å². The smallest absolute Gasteiger partial charge is 0.250 e.